The van der Waals surface area contributed by atoms with Crippen LogP contribution in [0.4, 0.5) is 5.13 Å². The van der Waals surface area contributed by atoms with Gasteiger partial charge in [0.1, 0.15) is 22.4 Å². The first-order valence-corrected chi connectivity index (χ1v) is 17.0. The van der Waals surface area contributed by atoms with Crippen LogP contribution >= 0.6 is 55.0 Å². The summed E-state index contributed by atoms with van der Waals surface area (Å²) in [5.74, 6) is -3.25. The Hall–Kier alpha value is -4.32. The minimum atomic E-state index is -1.12. The Bertz CT molecular complexity index is 1730. The number of esters is 1. The molecule has 0 spiro atoms. The van der Waals surface area contributed by atoms with Crippen LogP contribution in [-0.2, 0) is 33.5 Å². The standard InChI is InChI=1S/C30H23Br2N5O8S2/c31-20(32)11-18-12-37-27(41)23(28(37)47-25(18)29(42)43)35-26(40)22(19-14-46-30(34-19)33-15-38)36-44-13-21(39)45-24(16-7-3-1-4-8-16)17-9-5-2-6-10-17/h1-12,14-15,23-25,28H,13H2,(H,35,40)(H,42,43)(H,33,34,38)/t23?,25?,28-/m1/s1. The number of carboxylic acid groups (broad SMARTS) is 1. The second-order valence-corrected chi connectivity index (χ2v) is 14.6. The summed E-state index contributed by atoms with van der Waals surface area (Å²) in [6.07, 6.45) is 2.64. The van der Waals surface area contributed by atoms with E-state index in [9.17, 15) is 29.1 Å². The minimum Gasteiger partial charge on any atom is -0.480 e. The van der Waals surface area contributed by atoms with Crippen LogP contribution in [0.25, 0.3) is 0 Å². The maximum Gasteiger partial charge on any atom is 0.347 e. The molecule has 1 fully saturated rings. The van der Waals surface area contributed by atoms with Crippen molar-refractivity contribution in [2.24, 2.45) is 5.16 Å². The Morgan fingerprint density at radius 3 is 2.34 bits per heavy atom. The Morgan fingerprint density at radius 1 is 1.09 bits per heavy atom. The van der Waals surface area contributed by atoms with Crippen molar-refractivity contribution >= 4 is 96.0 Å². The van der Waals surface area contributed by atoms with Crippen molar-refractivity contribution in [1.82, 2.24) is 15.2 Å². The highest BCUT2D eigenvalue weighted by molar-refractivity contribution is 9.28. The lowest BCUT2D eigenvalue weighted by Crippen LogP contribution is -2.69. The van der Waals surface area contributed by atoms with E-state index in [0.29, 0.717) is 15.4 Å². The van der Waals surface area contributed by atoms with Gasteiger partial charge in [0.15, 0.2) is 16.9 Å². The highest BCUT2D eigenvalue weighted by Gasteiger charge is 2.52. The van der Waals surface area contributed by atoms with Gasteiger partial charge in [0.25, 0.3) is 11.8 Å². The zero-order valence-corrected chi connectivity index (χ0v) is 28.6. The topological polar surface area (TPSA) is 177 Å². The largest absolute Gasteiger partial charge is 0.480 e. The summed E-state index contributed by atoms with van der Waals surface area (Å²) in [7, 11) is 0. The molecule has 3 heterocycles. The van der Waals surface area contributed by atoms with Gasteiger partial charge in [-0.05, 0) is 54.6 Å². The normalized spacial score (nSPS) is 18.7. The number of halogens is 2. The number of aliphatic carboxylic acids is 1. The second-order valence-electron chi connectivity index (χ2n) is 9.71. The van der Waals surface area contributed by atoms with Crippen molar-refractivity contribution in [3.05, 3.63) is 104 Å². The smallest absolute Gasteiger partial charge is 0.347 e. The number of hydrogen-bond donors (Lipinski definition) is 3. The molecule has 2 aliphatic heterocycles. The number of aromatic nitrogens is 1. The lowest BCUT2D eigenvalue weighted by molar-refractivity contribution is -0.153. The van der Waals surface area contributed by atoms with Gasteiger partial charge in [-0.3, -0.25) is 19.2 Å². The molecule has 13 nitrogen and oxygen atoms in total. The van der Waals surface area contributed by atoms with Crippen LogP contribution < -0.4 is 10.6 Å². The number of nitrogens with zero attached hydrogens (tertiary/aromatic N) is 3. The molecule has 0 aliphatic carbocycles. The summed E-state index contributed by atoms with van der Waals surface area (Å²) in [4.78, 5) is 73.0. The quantitative estimate of drug-likeness (QED) is 0.0749. The number of thiazole rings is 1. The number of hydrogen-bond acceptors (Lipinski definition) is 11. The highest BCUT2D eigenvalue weighted by Crippen LogP contribution is 2.42. The number of rotatable bonds is 13. The van der Waals surface area contributed by atoms with Gasteiger partial charge in [0.05, 0.1) is 3.39 Å². The zero-order valence-electron chi connectivity index (χ0n) is 23.8. The fraction of sp³-hybridized carbons (Fsp3) is 0.167. The van der Waals surface area contributed by atoms with Gasteiger partial charge in [0, 0.05) is 11.6 Å². The molecular weight excluding hydrogens is 782 g/mol. The van der Waals surface area contributed by atoms with Crippen LogP contribution in [0.5, 0.6) is 0 Å². The summed E-state index contributed by atoms with van der Waals surface area (Å²) < 4.78 is 6.21. The van der Waals surface area contributed by atoms with Gasteiger partial charge in [-0.1, -0.05) is 65.8 Å². The second kappa shape index (κ2) is 15.5. The fourth-order valence-electron chi connectivity index (χ4n) is 4.60. The van der Waals surface area contributed by atoms with Crippen LogP contribution in [-0.4, -0.2) is 74.1 Å². The van der Waals surface area contributed by atoms with Crippen LogP contribution in [0, 0.1) is 0 Å². The Kier molecular flexibility index (Phi) is 11.2. The van der Waals surface area contributed by atoms with Crippen LogP contribution in [0.2, 0.25) is 0 Å². The zero-order chi connectivity index (χ0) is 33.5. The molecular formula is C30H23Br2N5O8S2. The number of thioether (sulfide) groups is 1. The average Bonchev–Trinajstić information content (AvgIpc) is 3.53. The molecule has 1 aromatic heterocycles. The van der Waals surface area contributed by atoms with E-state index in [-0.39, 0.29) is 16.5 Å². The number of nitrogens with one attached hydrogen (secondary N) is 2. The van der Waals surface area contributed by atoms with E-state index < -0.39 is 53.1 Å². The number of benzene rings is 2. The molecule has 3 atom stereocenters. The lowest BCUT2D eigenvalue weighted by atomic mass is 10.0. The third-order valence-electron chi connectivity index (χ3n) is 6.67. The first-order chi connectivity index (χ1) is 22.7. The van der Waals surface area contributed by atoms with Gasteiger partial charge in [0.2, 0.25) is 13.0 Å². The molecule has 47 heavy (non-hydrogen) atoms. The first-order valence-electron chi connectivity index (χ1n) is 13.6. The molecule has 3 aromatic rings. The van der Waals surface area contributed by atoms with Crippen molar-refractivity contribution in [1.29, 1.82) is 0 Å². The average molecular weight is 805 g/mol. The minimum absolute atomic E-state index is 0.00510. The highest BCUT2D eigenvalue weighted by atomic mass is 79.9. The summed E-state index contributed by atoms with van der Waals surface area (Å²) in [5.41, 5.74) is 1.43. The third kappa shape index (κ3) is 8.16. The Morgan fingerprint density at radius 2 is 1.74 bits per heavy atom. The lowest BCUT2D eigenvalue weighted by Gasteiger charge is -2.48. The van der Waals surface area contributed by atoms with Gasteiger partial charge < -0.3 is 30.2 Å². The molecule has 1 saturated heterocycles. The van der Waals surface area contributed by atoms with E-state index >= 15 is 0 Å². The monoisotopic (exact) mass is 803 g/mol. The Labute approximate surface area is 292 Å². The number of carbonyl (C=O) groups excluding carboxylic acids is 4. The van der Waals surface area contributed by atoms with Crippen molar-refractivity contribution in [3.63, 3.8) is 0 Å². The van der Waals surface area contributed by atoms with E-state index in [4.69, 9.17) is 9.57 Å². The molecule has 2 aliphatic rings. The predicted octanol–water partition coefficient (Wildman–Crippen LogP) is 4.13. The van der Waals surface area contributed by atoms with Crippen molar-refractivity contribution in [2.75, 3.05) is 11.9 Å². The van der Waals surface area contributed by atoms with Crippen LogP contribution in [0.3, 0.4) is 0 Å². The number of oxime groups is 1. The third-order valence-corrected chi connectivity index (χ3v) is 9.42. The Balaban J connectivity index is 1.32. The number of amides is 3. The molecule has 0 saturated carbocycles. The number of β-lactam (4-membered cyclic amide) rings is 1. The van der Waals surface area contributed by atoms with Crippen LogP contribution in [0.1, 0.15) is 22.9 Å². The number of fused-ring (bicyclic) bond motifs is 1. The summed E-state index contributed by atoms with van der Waals surface area (Å²) in [5, 5.41) is 18.4. The number of allylic oxidation sites excluding steroid dienone is 1. The van der Waals surface area contributed by atoms with E-state index in [0.717, 1.165) is 34.2 Å². The van der Waals surface area contributed by atoms with Gasteiger partial charge in [-0.25, -0.2) is 9.78 Å². The number of carbonyl (C=O) groups is 5. The van der Waals surface area contributed by atoms with Gasteiger partial charge >= 0.3 is 11.9 Å². The van der Waals surface area contributed by atoms with Crippen LogP contribution in [0.15, 0.2) is 92.4 Å². The maximum atomic E-state index is 13.5. The van der Waals surface area contributed by atoms with Crippen molar-refractivity contribution in [2.45, 2.75) is 22.8 Å². The number of ether oxygens (including phenoxy) is 1. The summed E-state index contributed by atoms with van der Waals surface area (Å²) in [6, 6.07) is 17.1. The molecule has 17 heteroatoms. The van der Waals surface area contributed by atoms with Crippen molar-refractivity contribution < 1.29 is 38.7 Å². The number of anilines is 1. The van der Waals surface area contributed by atoms with E-state index in [2.05, 4.69) is 52.6 Å². The summed E-state index contributed by atoms with van der Waals surface area (Å²) in [6.45, 7) is -0.671. The van der Waals surface area contributed by atoms with Gasteiger partial charge in [-0.15, -0.1) is 23.1 Å². The number of carboxylic acids is 1. The SMILES string of the molecule is O=CNc1nc(C(=NOCC(=O)OC(c2ccccc2)c2ccccc2)C(=O)NC2C(=O)N3C=C(C=C(Br)Br)C(C(=O)O)S[C@H]23)cs1. The maximum absolute atomic E-state index is 13.5. The van der Waals surface area contributed by atoms with Gasteiger partial charge in [-0.2, -0.15) is 0 Å². The summed E-state index contributed by atoms with van der Waals surface area (Å²) >= 11 is 8.38. The molecule has 2 unspecified atom stereocenters. The fourth-order valence-corrected chi connectivity index (χ4v) is 7.10. The molecule has 5 rings (SSSR count). The van der Waals surface area contributed by atoms with Crippen molar-refractivity contribution in [3.8, 4) is 0 Å². The molecule has 0 radical (unpaired) electrons. The molecule has 3 N–H and O–H groups in total. The van der Waals surface area contributed by atoms with E-state index in [1.165, 1.54) is 22.6 Å². The van der Waals surface area contributed by atoms with E-state index in [1.807, 2.05) is 60.7 Å². The molecule has 2 aromatic carbocycles. The predicted molar refractivity (Wildman–Crippen MR) is 181 cm³/mol. The van der Waals surface area contributed by atoms with E-state index in [1.54, 1.807) is 0 Å². The molecule has 3 amide bonds. The first kappa shape index (κ1) is 34.0. The molecule has 0 bridgehead atoms. The molecule has 242 valence electrons.